The van der Waals surface area contributed by atoms with Crippen LogP contribution in [-0.4, -0.2) is 48.5 Å². The number of anilines is 1. The van der Waals surface area contributed by atoms with Gasteiger partial charge >= 0.3 is 6.03 Å². The zero-order valence-electron chi connectivity index (χ0n) is 20.1. The van der Waals surface area contributed by atoms with Crippen LogP contribution in [0.5, 0.6) is 0 Å². The molecule has 6 nitrogen and oxygen atoms in total. The van der Waals surface area contributed by atoms with Crippen molar-refractivity contribution in [2.24, 2.45) is 0 Å². The molecular formula is C26H28Cl2FN3O3S. The number of amides is 3. The molecule has 1 heterocycles. The van der Waals surface area contributed by atoms with Gasteiger partial charge in [0.25, 0.3) is 0 Å². The van der Waals surface area contributed by atoms with E-state index in [2.05, 4.69) is 5.32 Å². The average Bonchev–Trinajstić information content (AvgIpc) is 3.25. The van der Waals surface area contributed by atoms with Crippen molar-refractivity contribution in [3.8, 4) is 0 Å². The third kappa shape index (κ3) is 8.20. The fourth-order valence-electron chi connectivity index (χ4n) is 3.48. The largest absolute Gasteiger partial charge is 0.385 e. The van der Waals surface area contributed by atoms with Gasteiger partial charge in [-0.05, 0) is 66.2 Å². The summed E-state index contributed by atoms with van der Waals surface area (Å²) >= 11 is 13.7. The Morgan fingerprint density at radius 1 is 1.06 bits per heavy atom. The third-order valence-corrected chi connectivity index (χ3v) is 7.06. The summed E-state index contributed by atoms with van der Waals surface area (Å²) in [6, 6.07) is 12.4. The highest BCUT2D eigenvalue weighted by Crippen LogP contribution is 2.26. The Bertz CT molecular complexity index is 1170. The van der Waals surface area contributed by atoms with Crippen LogP contribution in [0.1, 0.15) is 22.4 Å². The minimum atomic E-state index is -0.460. The van der Waals surface area contributed by atoms with E-state index in [-0.39, 0.29) is 24.8 Å². The highest BCUT2D eigenvalue weighted by Gasteiger charge is 2.23. The summed E-state index contributed by atoms with van der Waals surface area (Å²) in [6.07, 6.45) is 0.549. The number of benzene rings is 2. The third-order valence-electron chi connectivity index (χ3n) is 5.50. The summed E-state index contributed by atoms with van der Waals surface area (Å²) in [5, 5.41) is 5.49. The summed E-state index contributed by atoms with van der Waals surface area (Å²) in [7, 11) is 1.58. The van der Waals surface area contributed by atoms with Crippen molar-refractivity contribution < 1.29 is 18.7 Å². The first-order chi connectivity index (χ1) is 17.3. The van der Waals surface area contributed by atoms with Crippen molar-refractivity contribution in [3.05, 3.63) is 85.8 Å². The van der Waals surface area contributed by atoms with Gasteiger partial charge in [-0.15, -0.1) is 11.3 Å². The Labute approximate surface area is 224 Å². The predicted octanol–water partition coefficient (Wildman–Crippen LogP) is 6.60. The number of thiophene rings is 1. The van der Waals surface area contributed by atoms with E-state index in [9.17, 15) is 14.0 Å². The van der Waals surface area contributed by atoms with Crippen LogP contribution in [0.2, 0.25) is 10.0 Å². The number of ether oxygens (including phenoxy) is 1. The molecule has 0 fully saturated rings. The molecule has 0 spiro atoms. The maximum Gasteiger partial charge on any atom is 0.322 e. The molecule has 0 aliphatic carbocycles. The van der Waals surface area contributed by atoms with Crippen molar-refractivity contribution in [3.63, 3.8) is 0 Å². The lowest BCUT2D eigenvalue weighted by Crippen LogP contribution is -2.44. The zero-order chi connectivity index (χ0) is 26.1. The van der Waals surface area contributed by atoms with Gasteiger partial charge < -0.3 is 19.9 Å². The van der Waals surface area contributed by atoms with Gasteiger partial charge in [-0.1, -0.05) is 35.3 Å². The fourth-order valence-corrected chi connectivity index (χ4v) is 4.86. The molecule has 0 aliphatic heterocycles. The lowest BCUT2D eigenvalue weighted by Gasteiger charge is -2.28. The van der Waals surface area contributed by atoms with Gasteiger partial charge in [-0.2, -0.15) is 0 Å². The number of hydrogen-bond donors (Lipinski definition) is 1. The number of halogens is 3. The second kappa shape index (κ2) is 13.6. The number of urea groups is 1. The van der Waals surface area contributed by atoms with E-state index in [0.29, 0.717) is 41.8 Å². The highest BCUT2D eigenvalue weighted by atomic mass is 35.5. The van der Waals surface area contributed by atoms with Crippen molar-refractivity contribution in [1.29, 1.82) is 0 Å². The quantitative estimate of drug-likeness (QED) is 0.273. The highest BCUT2D eigenvalue weighted by molar-refractivity contribution is 7.10. The molecule has 3 rings (SSSR count). The monoisotopic (exact) mass is 551 g/mol. The second-order valence-corrected chi connectivity index (χ2v) is 10.1. The minimum absolute atomic E-state index is 0.146. The Morgan fingerprint density at radius 2 is 1.81 bits per heavy atom. The predicted molar refractivity (Wildman–Crippen MR) is 143 cm³/mol. The van der Waals surface area contributed by atoms with E-state index >= 15 is 0 Å². The Balaban J connectivity index is 1.79. The number of nitrogens with zero attached hydrogens (tertiary/aromatic N) is 2. The van der Waals surface area contributed by atoms with Crippen LogP contribution < -0.4 is 5.32 Å². The summed E-state index contributed by atoms with van der Waals surface area (Å²) in [5.41, 5.74) is 2.28. The van der Waals surface area contributed by atoms with Crippen LogP contribution in [0.4, 0.5) is 14.9 Å². The summed E-state index contributed by atoms with van der Waals surface area (Å²) in [5.74, 6) is -0.575. The Hall–Kier alpha value is -2.65. The smallest absolute Gasteiger partial charge is 0.322 e. The number of aryl methyl sites for hydroxylation is 1. The maximum atomic E-state index is 13.5. The number of methoxy groups -OCH3 is 1. The molecule has 2 aromatic carbocycles. The van der Waals surface area contributed by atoms with E-state index in [0.717, 1.165) is 16.0 Å². The van der Waals surface area contributed by atoms with E-state index in [1.165, 1.54) is 23.1 Å². The molecule has 1 N–H and O–H groups in total. The fraction of sp³-hybridized carbons (Fsp3) is 0.308. The van der Waals surface area contributed by atoms with Crippen LogP contribution in [0.3, 0.4) is 0 Å². The van der Waals surface area contributed by atoms with E-state index < -0.39 is 6.03 Å². The molecule has 0 atom stereocenters. The van der Waals surface area contributed by atoms with Crippen LogP contribution >= 0.6 is 34.5 Å². The molecule has 0 radical (unpaired) electrons. The summed E-state index contributed by atoms with van der Waals surface area (Å²) in [6.45, 7) is 3.26. The van der Waals surface area contributed by atoms with Crippen LogP contribution in [0.25, 0.3) is 0 Å². The van der Waals surface area contributed by atoms with Crippen molar-refractivity contribution in [2.75, 3.05) is 32.1 Å². The number of carbonyl (C=O) groups is 2. The topological polar surface area (TPSA) is 61.9 Å². The SMILES string of the molecule is COCCCN(CC(=O)N(Cc1ccc(F)cc1)Cc1sccc1C)C(=O)Nc1ccc(Cl)cc1Cl. The summed E-state index contributed by atoms with van der Waals surface area (Å²) < 4.78 is 18.5. The minimum Gasteiger partial charge on any atom is -0.385 e. The lowest BCUT2D eigenvalue weighted by atomic mass is 10.2. The Morgan fingerprint density at radius 3 is 2.44 bits per heavy atom. The van der Waals surface area contributed by atoms with Crippen LogP contribution in [-0.2, 0) is 22.6 Å². The van der Waals surface area contributed by atoms with Crippen LogP contribution in [0, 0.1) is 12.7 Å². The molecule has 3 amide bonds. The first kappa shape index (κ1) is 27.9. The van der Waals surface area contributed by atoms with Crippen molar-refractivity contribution in [2.45, 2.75) is 26.4 Å². The zero-order valence-corrected chi connectivity index (χ0v) is 22.4. The number of hydrogen-bond acceptors (Lipinski definition) is 4. The normalized spacial score (nSPS) is 10.8. The maximum absolute atomic E-state index is 13.5. The van der Waals surface area contributed by atoms with Gasteiger partial charge in [0, 0.05) is 36.7 Å². The number of carbonyl (C=O) groups excluding carboxylic acids is 2. The Kier molecular flexibility index (Phi) is 10.6. The van der Waals surface area contributed by atoms with Crippen molar-refractivity contribution in [1.82, 2.24) is 9.80 Å². The molecule has 1 aromatic heterocycles. The molecule has 0 saturated carbocycles. The molecule has 0 unspecified atom stereocenters. The summed E-state index contributed by atoms with van der Waals surface area (Å²) in [4.78, 5) is 30.8. The van der Waals surface area contributed by atoms with Crippen molar-refractivity contribution >= 4 is 52.2 Å². The molecule has 192 valence electrons. The molecule has 3 aromatic rings. The molecule has 0 aliphatic rings. The molecule has 36 heavy (non-hydrogen) atoms. The van der Waals surface area contributed by atoms with Gasteiger partial charge in [0.15, 0.2) is 0 Å². The van der Waals surface area contributed by atoms with Gasteiger partial charge in [0.05, 0.1) is 17.3 Å². The van der Waals surface area contributed by atoms with Gasteiger partial charge in [0.1, 0.15) is 12.4 Å². The number of nitrogens with one attached hydrogen (secondary N) is 1. The number of rotatable bonds is 11. The molecular weight excluding hydrogens is 524 g/mol. The van der Waals surface area contributed by atoms with Gasteiger partial charge in [-0.25, -0.2) is 9.18 Å². The molecule has 0 saturated heterocycles. The van der Waals surface area contributed by atoms with E-state index in [4.69, 9.17) is 27.9 Å². The standard InChI is InChI=1S/C26H28Cl2FN3O3S/c1-18-10-13-36-24(18)16-32(15-19-4-7-21(29)8-5-19)25(33)17-31(11-3-12-35-2)26(34)30-23-9-6-20(27)14-22(23)28/h4-10,13-14H,3,11-12,15-17H2,1-2H3,(H,30,34). The first-order valence-electron chi connectivity index (χ1n) is 11.3. The molecule has 10 heteroatoms. The van der Waals surface area contributed by atoms with E-state index in [1.54, 1.807) is 47.6 Å². The van der Waals surface area contributed by atoms with Crippen LogP contribution in [0.15, 0.2) is 53.9 Å². The average molecular weight is 552 g/mol. The first-order valence-corrected chi connectivity index (χ1v) is 13.0. The molecule has 0 bridgehead atoms. The van der Waals surface area contributed by atoms with E-state index in [1.807, 2.05) is 18.4 Å². The van der Waals surface area contributed by atoms with Gasteiger partial charge in [-0.3, -0.25) is 4.79 Å². The van der Waals surface area contributed by atoms with Gasteiger partial charge in [0.2, 0.25) is 5.91 Å². The second-order valence-electron chi connectivity index (χ2n) is 8.23. The lowest BCUT2D eigenvalue weighted by molar-refractivity contribution is -0.133.